The van der Waals surface area contributed by atoms with E-state index < -0.39 is 0 Å². The summed E-state index contributed by atoms with van der Waals surface area (Å²) in [5.41, 5.74) is 2.39. The normalized spacial score (nSPS) is 16.8. The second-order valence-corrected chi connectivity index (χ2v) is 7.09. The number of nitrogens with zero attached hydrogens (tertiary/aromatic N) is 5. The SMILES string of the molecule is Cc1cccc(-c2ocnc2C(=O)N2CCCC2CCc2nncn2C)c1. The van der Waals surface area contributed by atoms with Crippen molar-refractivity contribution >= 4 is 5.91 Å². The van der Waals surface area contributed by atoms with Crippen molar-refractivity contribution in [2.75, 3.05) is 6.54 Å². The summed E-state index contributed by atoms with van der Waals surface area (Å²) >= 11 is 0. The Morgan fingerprint density at radius 2 is 2.26 bits per heavy atom. The lowest BCUT2D eigenvalue weighted by Gasteiger charge is -2.24. The molecule has 27 heavy (non-hydrogen) atoms. The zero-order chi connectivity index (χ0) is 18.8. The van der Waals surface area contributed by atoms with Crippen LogP contribution in [0.15, 0.2) is 41.4 Å². The monoisotopic (exact) mass is 365 g/mol. The molecule has 1 atom stereocenters. The lowest BCUT2D eigenvalue weighted by Crippen LogP contribution is -2.36. The first-order chi connectivity index (χ1) is 13.1. The third kappa shape index (κ3) is 3.49. The smallest absolute Gasteiger partial charge is 0.276 e. The van der Waals surface area contributed by atoms with E-state index in [1.165, 1.54) is 6.39 Å². The fraction of sp³-hybridized carbons (Fsp3) is 0.400. The zero-order valence-electron chi connectivity index (χ0n) is 15.6. The number of carbonyl (C=O) groups excluding carboxylic acids is 1. The highest BCUT2D eigenvalue weighted by Crippen LogP contribution is 2.28. The standard InChI is InChI=1S/C20H23N5O2/c1-14-5-3-6-15(11-14)19-18(21-13-27-19)20(26)25-10-4-7-16(25)8-9-17-23-22-12-24(17)2/h3,5-6,11-13,16H,4,7-10H2,1-2H3. The Kier molecular flexibility index (Phi) is 4.75. The van der Waals surface area contributed by atoms with Gasteiger partial charge >= 0.3 is 0 Å². The number of likely N-dealkylation sites (tertiary alicyclic amines) is 1. The predicted molar refractivity (Wildman–Crippen MR) is 100 cm³/mol. The van der Waals surface area contributed by atoms with Gasteiger partial charge in [0.1, 0.15) is 12.2 Å². The molecule has 0 aliphatic carbocycles. The number of amides is 1. The molecule has 140 valence electrons. The summed E-state index contributed by atoms with van der Waals surface area (Å²) in [7, 11) is 1.94. The maximum atomic E-state index is 13.2. The van der Waals surface area contributed by atoms with E-state index >= 15 is 0 Å². The van der Waals surface area contributed by atoms with Gasteiger partial charge in [0.2, 0.25) is 0 Å². The Hall–Kier alpha value is -2.96. The van der Waals surface area contributed by atoms with Crippen LogP contribution in [-0.2, 0) is 13.5 Å². The summed E-state index contributed by atoms with van der Waals surface area (Å²) < 4.78 is 7.50. The molecular formula is C20H23N5O2. The molecule has 3 heterocycles. The molecule has 0 saturated carbocycles. The Balaban J connectivity index is 1.52. The molecule has 1 aliphatic rings. The van der Waals surface area contributed by atoms with Gasteiger partial charge in [0, 0.05) is 31.6 Å². The highest BCUT2D eigenvalue weighted by Gasteiger charge is 2.32. The van der Waals surface area contributed by atoms with Crippen molar-refractivity contribution in [1.29, 1.82) is 0 Å². The largest absolute Gasteiger partial charge is 0.443 e. The minimum atomic E-state index is -0.0549. The summed E-state index contributed by atoms with van der Waals surface area (Å²) in [6, 6.07) is 8.12. The van der Waals surface area contributed by atoms with Crippen molar-refractivity contribution < 1.29 is 9.21 Å². The van der Waals surface area contributed by atoms with Gasteiger partial charge in [-0.2, -0.15) is 0 Å². The first kappa shape index (κ1) is 17.5. The third-order valence-electron chi connectivity index (χ3n) is 5.19. The van der Waals surface area contributed by atoms with Crippen LogP contribution in [0, 0.1) is 6.92 Å². The first-order valence-corrected chi connectivity index (χ1v) is 9.28. The van der Waals surface area contributed by atoms with E-state index in [1.807, 2.05) is 47.7 Å². The maximum absolute atomic E-state index is 13.2. The number of hydrogen-bond acceptors (Lipinski definition) is 5. The molecular weight excluding hydrogens is 342 g/mol. The molecule has 0 N–H and O–H groups in total. The van der Waals surface area contributed by atoms with Crippen molar-refractivity contribution in [2.24, 2.45) is 7.05 Å². The number of aromatic nitrogens is 4. The van der Waals surface area contributed by atoms with E-state index in [1.54, 1.807) is 6.33 Å². The van der Waals surface area contributed by atoms with Crippen LogP contribution in [0.25, 0.3) is 11.3 Å². The molecule has 7 nitrogen and oxygen atoms in total. The van der Waals surface area contributed by atoms with Crippen LogP contribution in [0.1, 0.15) is 41.1 Å². The number of hydrogen-bond donors (Lipinski definition) is 0. The summed E-state index contributed by atoms with van der Waals surface area (Å²) in [4.78, 5) is 19.4. The highest BCUT2D eigenvalue weighted by molar-refractivity contribution is 5.98. The molecule has 1 unspecified atom stereocenters. The van der Waals surface area contributed by atoms with Crippen molar-refractivity contribution in [3.05, 3.63) is 54.1 Å². The average molecular weight is 365 g/mol. The van der Waals surface area contributed by atoms with E-state index in [0.29, 0.717) is 11.5 Å². The minimum Gasteiger partial charge on any atom is -0.443 e. The molecule has 4 rings (SSSR count). The van der Waals surface area contributed by atoms with Gasteiger partial charge < -0.3 is 13.9 Å². The highest BCUT2D eigenvalue weighted by atomic mass is 16.3. The molecule has 1 aliphatic heterocycles. The fourth-order valence-corrected chi connectivity index (χ4v) is 3.76. The topological polar surface area (TPSA) is 77.1 Å². The van der Waals surface area contributed by atoms with Crippen LogP contribution in [0.3, 0.4) is 0 Å². The molecule has 0 radical (unpaired) electrons. The molecule has 1 fully saturated rings. The number of benzene rings is 1. The predicted octanol–water partition coefficient (Wildman–Crippen LogP) is 3.02. The number of rotatable bonds is 5. The average Bonchev–Trinajstić information content (AvgIpc) is 3.40. The van der Waals surface area contributed by atoms with Crippen LogP contribution in [0.2, 0.25) is 0 Å². The van der Waals surface area contributed by atoms with Gasteiger partial charge in [-0.15, -0.1) is 10.2 Å². The van der Waals surface area contributed by atoms with Gasteiger partial charge in [-0.1, -0.05) is 23.8 Å². The number of oxazole rings is 1. The van der Waals surface area contributed by atoms with Crippen molar-refractivity contribution in [3.8, 4) is 11.3 Å². The number of aryl methyl sites for hydroxylation is 3. The van der Waals surface area contributed by atoms with E-state index in [-0.39, 0.29) is 11.9 Å². The minimum absolute atomic E-state index is 0.0549. The first-order valence-electron chi connectivity index (χ1n) is 9.28. The van der Waals surface area contributed by atoms with Crippen molar-refractivity contribution in [3.63, 3.8) is 0 Å². The number of carbonyl (C=O) groups is 1. The van der Waals surface area contributed by atoms with E-state index in [9.17, 15) is 4.79 Å². The Bertz CT molecular complexity index is 945. The summed E-state index contributed by atoms with van der Waals surface area (Å²) in [6.07, 6.45) is 6.74. The Morgan fingerprint density at radius 3 is 3.04 bits per heavy atom. The second kappa shape index (κ2) is 7.34. The van der Waals surface area contributed by atoms with E-state index in [2.05, 4.69) is 15.2 Å². The molecule has 2 aromatic heterocycles. The van der Waals surface area contributed by atoms with Gasteiger partial charge in [0.15, 0.2) is 17.8 Å². The molecule has 0 spiro atoms. The van der Waals surface area contributed by atoms with Crippen molar-refractivity contribution in [1.82, 2.24) is 24.6 Å². The quantitative estimate of drug-likeness (QED) is 0.695. The van der Waals surface area contributed by atoms with Crippen LogP contribution in [-0.4, -0.2) is 43.1 Å². The molecule has 1 saturated heterocycles. The van der Waals surface area contributed by atoms with Crippen LogP contribution in [0.5, 0.6) is 0 Å². The van der Waals surface area contributed by atoms with Gasteiger partial charge in [-0.3, -0.25) is 4.79 Å². The lowest BCUT2D eigenvalue weighted by molar-refractivity contribution is 0.0725. The third-order valence-corrected chi connectivity index (χ3v) is 5.19. The molecule has 1 aromatic carbocycles. The van der Waals surface area contributed by atoms with E-state index in [0.717, 1.165) is 49.2 Å². The Labute approximate surface area is 158 Å². The summed E-state index contributed by atoms with van der Waals surface area (Å²) in [5.74, 6) is 1.43. The fourth-order valence-electron chi connectivity index (χ4n) is 3.76. The van der Waals surface area contributed by atoms with E-state index in [4.69, 9.17) is 4.42 Å². The van der Waals surface area contributed by atoms with Gasteiger partial charge in [0.05, 0.1) is 0 Å². The van der Waals surface area contributed by atoms with Gasteiger partial charge in [0.25, 0.3) is 5.91 Å². The molecule has 0 bridgehead atoms. The summed E-state index contributed by atoms with van der Waals surface area (Å²) in [6.45, 7) is 2.77. The summed E-state index contributed by atoms with van der Waals surface area (Å²) in [5, 5.41) is 8.06. The van der Waals surface area contributed by atoms with Crippen LogP contribution < -0.4 is 0 Å². The second-order valence-electron chi connectivity index (χ2n) is 7.09. The zero-order valence-corrected chi connectivity index (χ0v) is 15.6. The molecule has 7 heteroatoms. The molecule has 3 aromatic rings. The Morgan fingerprint density at radius 1 is 1.37 bits per heavy atom. The van der Waals surface area contributed by atoms with Crippen LogP contribution in [0.4, 0.5) is 0 Å². The molecule has 1 amide bonds. The lowest BCUT2D eigenvalue weighted by atomic mass is 10.1. The van der Waals surface area contributed by atoms with Crippen molar-refractivity contribution in [2.45, 2.75) is 38.6 Å². The van der Waals surface area contributed by atoms with Gasteiger partial charge in [-0.05, 0) is 32.3 Å². The van der Waals surface area contributed by atoms with Crippen LogP contribution >= 0.6 is 0 Å². The maximum Gasteiger partial charge on any atom is 0.276 e. The van der Waals surface area contributed by atoms with Gasteiger partial charge in [-0.25, -0.2) is 4.98 Å².